The van der Waals surface area contributed by atoms with E-state index in [0.29, 0.717) is 0 Å². The highest BCUT2D eigenvalue weighted by Gasteiger charge is 2.28. The average Bonchev–Trinajstić information content (AvgIpc) is 2.86. The van der Waals surface area contributed by atoms with Gasteiger partial charge in [-0.15, -0.1) is 0 Å². The second-order valence-corrected chi connectivity index (χ2v) is 6.27. The van der Waals surface area contributed by atoms with E-state index in [0.717, 1.165) is 12.1 Å². The standard InChI is InChI=1S/C13H15F2N2O4P/c1-3-19-22(18,20-4-2)8-11-16-13(21-17-11)12-9(14)6-5-7-10(12)15/h5-7H,3-4,8H2,1-2H3. The fourth-order valence-corrected chi connectivity index (χ4v) is 3.34. The molecule has 0 atom stereocenters. The van der Waals surface area contributed by atoms with Crippen molar-refractivity contribution >= 4 is 7.60 Å². The van der Waals surface area contributed by atoms with Crippen LogP contribution in [0.1, 0.15) is 19.7 Å². The lowest BCUT2D eigenvalue weighted by molar-refractivity contribution is 0.218. The Morgan fingerprint density at radius 1 is 1.18 bits per heavy atom. The first-order valence-electron chi connectivity index (χ1n) is 6.64. The molecular formula is C13H15F2N2O4P. The first-order valence-corrected chi connectivity index (χ1v) is 8.37. The summed E-state index contributed by atoms with van der Waals surface area (Å²) in [5.41, 5.74) is -0.427. The molecule has 0 amide bonds. The summed E-state index contributed by atoms with van der Waals surface area (Å²) in [4.78, 5) is 3.86. The number of halogens is 2. The van der Waals surface area contributed by atoms with Gasteiger partial charge in [-0.05, 0) is 26.0 Å². The summed E-state index contributed by atoms with van der Waals surface area (Å²) in [5.74, 6) is -1.99. The van der Waals surface area contributed by atoms with Gasteiger partial charge in [-0.1, -0.05) is 11.2 Å². The Hall–Kier alpha value is -1.63. The highest BCUT2D eigenvalue weighted by Crippen LogP contribution is 2.50. The monoisotopic (exact) mass is 332 g/mol. The maximum Gasteiger partial charge on any atom is 0.338 e. The summed E-state index contributed by atoms with van der Waals surface area (Å²) in [6.07, 6.45) is -0.242. The van der Waals surface area contributed by atoms with Crippen molar-refractivity contribution in [2.45, 2.75) is 20.0 Å². The van der Waals surface area contributed by atoms with Gasteiger partial charge in [0, 0.05) is 0 Å². The largest absolute Gasteiger partial charge is 0.338 e. The Morgan fingerprint density at radius 3 is 2.32 bits per heavy atom. The molecule has 0 aliphatic carbocycles. The van der Waals surface area contributed by atoms with Crippen LogP contribution >= 0.6 is 7.60 Å². The highest BCUT2D eigenvalue weighted by atomic mass is 31.2. The summed E-state index contributed by atoms with van der Waals surface area (Å²) >= 11 is 0. The predicted molar refractivity (Wildman–Crippen MR) is 74.2 cm³/mol. The van der Waals surface area contributed by atoms with Crippen LogP contribution in [0.25, 0.3) is 11.5 Å². The number of hydrogen-bond acceptors (Lipinski definition) is 6. The number of rotatable bonds is 7. The molecule has 0 aliphatic heterocycles. The molecule has 0 N–H and O–H groups in total. The second-order valence-electron chi connectivity index (χ2n) is 4.22. The minimum absolute atomic E-state index is 0.0112. The van der Waals surface area contributed by atoms with Crippen LogP contribution in [0.3, 0.4) is 0 Å². The van der Waals surface area contributed by atoms with Crippen LogP contribution in [0.4, 0.5) is 8.78 Å². The molecule has 9 heteroatoms. The van der Waals surface area contributed by atoms with E-state index in [4.69, 9.17) is 13.6 Å². The van der Waals surface area contributed by atoms with Crippen molar-refractivity contribution < 1.29 is 26.9 Å². The van der Waals surface area contributed by atoms with Crippen molar-refractivity contribution in [1.29, 1.82) is 0 Å². The molecule has 0 radical (unpaired) electrons. The lowest BCUT2D eigenvalue weighted by Gasteiger charge is -2.14. The van der Waals surface area contributed by atoms with E-state index in [1.807, 2.05) is 0 Å². The molecule has 1 aromatic carbocycles. The lowest BCUT2D eigenvalue weighted by Crippen LogP contribution is -2.00. The molecule has 120 valence electrons. The van der Waals surface area contributed by atoms with Crippen molar-refractivity contribution in [3.05, 3.63) is 35.7 Å². The summed E-state index contributed by atoms with van der Waals surface area (Å²) in [6.45, 7) is 3.71. The summed E-state index contributed by atoms with van der Waals surface area (Å²) < 4.78 is 54.7. The average molecular weight is 332 g/mol. The Bertz CT molecular complexity index is 662. The summed E-state index contributed by atoms with van der Waals surface area (Å²) in [6, 6.07) is 3.38. The number of nitrogens with zero attached hydrogens (tertiary/aromatic N) is 2. The smallest absolute Gasteiger partial charge is 0.334 e. The van der Waals surface area contributed by atoms with Gasteiger partial charge >= 0.3 is 7.60 Å². The van der Waals surface area contributed by atoms with Crippen molar-refractivity contribution in [3.63, 3.8) is 0 Å². The van der Waals surface area contributed by atoms with Crippen molar-refractivity contribution in [2.75, 3.05) is 13.2 Å². The molecule has 2 aromatic rings. The zero-order valence-electron chi connectivity index (χ0n) is 12.1. The van der Waals surface area contributed by atoms with E-state index >= 15 is 0 Å². The van der Waals surface area contributed by atoms with Crippen molar-refractivity contribution in [3.8, 4) is 11.5 Å². The van der Waals surface area contributed by atoms with Gasteiger partial charge in [-0.25, -0.2) is 8.78 Å². The van der Waals surface area contributed by atoms with Gasteiger partial charge < -0.3 is 13.6 Å². The van der Waals surface area contributed by atoms with Crippen LogP contribution in [0.5, 0.6) is 0 Å². The van der Waals surface area contributed by atoms with Crippen molar-refractivity contribution in [2.24, 2.45) is 0 Å². The van der Waals surface area contributed by atoms with E-state index in [9.17, 15) is 13.3 Å². The SMILES string of the molecule is CCOP(=O)(Cc1noc(-c2c(F)cccc2F)n1)OCC. The Morgan fingerprint density at radius 2 is 1.77 bits per heavy atom. The van der Waals surface area contributed by atoms with Crippen molar-refractivity contribution in [1.82, 2.24) is 10.1 Å². The molecule has 0 aliphatic rings. The third-order valence-corrected chi connectivity index (χ3v) is 4.60. The molecule has 0 spiro atoms. The molecule has 6 nitrogen and oxygen atoms in total. The van der Waals surface area contributed by atoms with E-state index in [-0.39, 0.29) is 31.1 Å². The molecule has 1 heterocycles. The first-order chi connectivity index (χ1) is 10.5. The third kappa shape index (κ3) is 3.76. The highest BCUT2D eigenvalue weighted by molar-refractivity contribution is 7.53. The van der Waals surface area contributed by atoms with Crippen LogP contribution in [0.15, 0.2) is 22.7 Å². The number of aromatic nitrogens is 2. The van der Waals surface area contributed by atoms with E-state index in [1.54, 1.807) is 13.8 Å². The molecule has 0 saturated heterocycles. The van der Waals surface area contributed by atoms with E-state index in [2.05, 4.69) is 10.1 Å². The van der Waals surface area contributed by atoms with Crippen LogP contribution in [0, 0.1) is 11.6 Å². The molecule has 2 rings (SSSR count). The van der Waals surface area contributed by atoms with Gasteiger partial charge in [-0.3, -0.25) is 4.57 Å². The molecule has 1 aromatic heterocycles. The molecule has 0 fully saturated rings. The minimum atomic E-state index is -3.42. The Balaban J connectivity index is 2.26. The van der Waals surface area contributed by atoms with Gasteiger partial charge in [0.2, 0.25) is 0 Å². The van der Waals surface area contributed by atoms with Crippen LogP contribution in [-0.4, -0.2) is 23.4 Å². The van der Waals surface area contributed by atoms with Gasteiger partial charge in [0.1, 0.15) is 23.4 Å². The van der Waals surface area contributed by atoms with Gasteiger partial charge in [-0.2, -0.15) is 4.98 Å². The quantitative estimate of drug-likeness (QED) is 0.718. The second kappa shape index (κ2) is 7.09. The Labute approximate surface area is 126 Å². The number of benzene rings is 1. The maximum atomic E-state index is 13.7. The molecule has 0 unspecified atom stereocenters. The van der Waals surface area contributed by atoms with Crippen LogP contribution < -0.4 is 0 Å². The number of hydrogen-bond donors (Lipinski definition) is 0. The van der Waals surface area contributed by atoms with Crippen LogP contribution in [0.2, 0.25) is 0 Å². The Kier molecular flexibility index (Phi) is 5.39. The van der Waals surface area contributed by atoms with E-state index < -0.39 is 24.8 Å². The topological polar surface area (TPSA) is 74.5 Å². The predicted octanol–water partition coefficient (Wildman–Crippen LogP) is 3.78. The summed E-state index contributed by atoms with van der Waals surface area (Å²) in [5, 5.41) is 3.57. The minimum Gasteiger partial charge on any atom is -0.334 e. The lowest BCUT2D eigenvalue weighted by atomic mass is 10.2. The molecule has 0 bridgehead atoms. The molecular weight excluding hydrogens is 317 g/mol. The zero-order valence-corrected chi connectivity index (χ0v) is 13.0. The first kappa shape index (κ1) is 16.7. The summed E-state index contributed by atoms with van der Waals surface area (Å²) in [7, 11) is -3.42. The fourth-order valence-electron chi connectivity index (χ4n) is 1.82. The van der Waals surface area contributed by atoms with E-state index in [1.165, 1.54) is 6.07 Å². The van der Waals surface area contributed by atoms with Crippen LogP contribution in [-0.2, 0) is 19.8 Å². The third-order valence-electron chi connectivity index (χ3n) is 2.63. The molecule has 22 heavy (non-hydrogen) atoms. The van der Waals surface area contributed by atoms with Gasteiger partial charge in [0.05, 0.1) is 13.2 Å². The van der Waals surface area contributed by atoms with Gasteiger partial charge in [0.25, 0.3) is 5.89 Å². The molecule has 0 saturated carbocycles. The fraction of sp³-hybridized carbons (Fsp3) is 0.385. The zero-order chi connectivity index (χ0) is 16.2. The maximum absolute atomic E-state index is 13.7. The van der Waals surface area contributed by atoms with Gasteiger partial charge in [0.15, 0.2) is 5.82 Å². The normalized spacial score (nSPS) is 11.8.